The first-order valence-electron chi connectivity index (χ1n) is 8.07. The predicted octanol–water partition coefficient (Wildman–Crippen LogP) is 7.33. The van der Waals surface area contributed by atoms with Gasteiger partial charge in [0.25, 0.3) is 0 Å². The average molecular weight is 408 g/mol. The molecule has 0 amide bonds. The maximum absolute atomic E-state index is 11.4. The molecule has 4 rings (SSSR count). The van der Waals surface area contributed by atoms with E-state index in [1.807, 2.05) is 30.3 Å². The molecule has 2 N–H and O–H groups in total. The molecule has 0 saturated heterocycles. The van der Waals surface area contributed by atoms with Gasteiger partial charge in [0.15, 0.2) is 5.69 Å². The monoisotopic (exact) mass is 408 g/mol. The van der Waals surface area contributed by atoms with Crippen LogP contribution in [0.2, 0.25) is 0 Å². The number of hydrogen-bond acceptors (Lipinski definition) is 9. The first kappa shape index (κ1) is 18.5. The molecule has 7 nitrogen and oxygen atoms in total. The SMILES string of the molecule is O=Nc1c(N=Nc2ccc3cc(SO)ccc3c2)cc(SO)c2cccnc12. The van der Waals surface area contributed by atoms with E-state index >= 15 is 0 Å². The van der Waals surface area contributed by atoms with Crippen molar-refractivity contribution in [1.82, 2.24) is 4.98 Å². The van der Waals surface area contributed by atoms with E-state index in [0.717, 1.165) is 15.7 Å². The van der Waals surface area contributed by atoms with E-state index in [-0.39, 0.29) is 11.4 Å². The van der Waals surface area contributed by atoms with E-state index in [2.05, 4.69) is 20.4 Å². The van der Waals surface area contributed by atoms with Gasteiger partial charge in [0.2, 0.25) is 0 Å². The van der Waals surface area contributed by atoms with E-state index in [1.54, 1.807) is 30.5 Å². The zero-order valence-electron chi connectivity index (χ0n) is 14.2. The van der Waals surface area contributed by atoms with Gasteiger partial charge in [-0.2, -0.15) is 5.11 Å². The molecule has 3 aromatic carbocycles. The molecule has 1 heterocycles. The molecule has 4 aromatic rings. The van der Waals surface area contributed by atoms with Crippen LogP contribution in [0.5, 0.6) is 0 Å². The zero-order chi connectivity index (χ0) is 19.5. The van der Waals surface area contributed by atoms with E-state index in [1.165, 1.54) is 0 Å². The normalized spacial score (nSPS) is 11.5. The van der Waals surface area contributed by atoms with Crippen molar-refractivity contribution >= 4 is 62.8 Å². The van der Waals surface area contributed by atoms with Crippen LogP contribution >= 0.6 is 24.1 Å². The number of pyridine rings is 1. The summed E-state index contributed by atoms with van der Waals surface area (Å²) in [5.41, 5.74) is 1.25. The molecule has 9 heteroatoms. The van der Waals surface area contributed by atoms with Gasteiger partial charge in [0.1, 0.15) is 11.2 Å². The maximum Gasteiger partial charge on any atom is 0.161 e. The van der Waals surface area contributed by atoms with Crippen LogP contribution in [0.15, 0.2) is 86.0 Å². The van der Waals surface area contributed by atoms with Gasteiger partial charge in [-0.1, -0.05) is 12.1 Å². The molecule has 0 aliphatic heterocycles. The zero-order valence-corrected chi connectivity index (χ0v) is 15.8. The van der Waals surface area contributed by atoms with Gasteiger partial charge in [0, 0.05) is 45.5 Å². The smallest absolute Gasteiger partial charge is 0.161 e. The number of rotatable bonds is 5. The quantitative estimate of drug-likeness (QED) is 0.203. The molecule has 0 saturated carbocycles. The van der Waals surface area contributed by atoms with Crippen LogP contribution in [0.1, 0.15) is 0 Å². The van der Waals surface area contributed by atoms with Crippen LogP contribution in [-0.4, -0.2) is 14.1 Å². The van der Waals surface area contributed by atoms with Crippen molar-refractivity contribution in [2.75, 3.05) is 0 Å². The minimum Gasteiger partial charge on any atom is -0.325 e. The number of nitrogens with zero attached hydrogens (tertiary/aromatic N) is 4. The minimum absolute atomic E-state index is 0.0718. The summed E-state index contributed by atoms with van der Waals surface area (Å²) in [7, 11) is 0. The highest BCUT2D eigenvalue weighted by Gasteiger charge is 2.14. The summed E-state index contributed by atoms with van der Waals surface area (Å²) in [4.78, 5) is 16.9. The lowest BCUT2D eigenvalue weighted by atomic mass is 10.1. The van der Waals surface area contributed by atoms with Gasteiger partial charge in [0.05, 0.1) is 5.69 Å². The van der Waals surface area contributed by atoms with Crippen molar-refractivity contribution < 1.29 is 9.11 Å². The van der Waals surface area contributed by atoms with E-state index in [4.69, 9.17) is 4.55 Å². The highest BCUT2D eigenvalue weighted by atomic mass is 32.2. The Labute approximate surface area is 167 Å². The molecule has 0 atom stereocenters. The molecule has 1 aromatic heterocycles. The summed E-state index contributed by atoms with van der Waals surface area (Å²) in [5.74, 6) is 0. The first-order valence-corrected chi connectivity index (χ1v) is 9.61. The Hall–Kier alpha value is -2.85. The van der Waals surface area contributed by atoms with Gasteiger partial charge >= 0.3 is 0 Å². The van der Waals surface area contributed by atoms with Crippen LogP contribution < -0.4 is 0 Å². The molecule has 138 valence electrons. The van der Waals surface area contributed by atoms with Crippen LogP contribution in [0, 0.1) is 4.91 Å². The minimum atomic E-state index is 0.0718. The Kier molecular flexibility index (Phi) is 5.31. The third-order valence-corrected chi connectivity index (χ3v) is 5.17. The maximum atomic E-state index is 11.4. The first-order chi connectivity index (χ1) is 13.7. The third-order valence-electron chi connectivity index (χ3n) is 4.17. The Balaban J connectivity index is 1.78. The standard InChI is InChI=1S/C19H12N4O3S2/c24-23-19-16(10-17(28-26)15-2-1-7-20-18(15)19)22-21-13-5-3-12-9-14(27-25)6-4-11(12)8-13/h1-10,25-26H. The van der Waals surface area contributed by atoms with Crippen molar-refractivity contribution in [3.63, 3.8) is 0 Å². The van der Waals surface area contributed by atoms with Gasteiger partial charge in [-0.05, 0) is 58.4 Å². The van der Waals surface area contributed by atoms with Crippen LogP contribution in [0.3, 0.4) is 0 Å². The predicted molar refractivity (Wildman–Crippen MR) is 112 cm³/mol. The van der Waals surface area contributed by atoms with Crippen molar-refractivity contribution in [3.8, 4) is 0 Å². The number of azo groups is 1. The lowest BCUT2D eigenvalue weighted by Crippen LogP contribution is -1.83. The molecule has 0 aliphatic carbocycles. The van der Waals surface area contributed by atoms with Gasteiger partial charge in [-0.3, -0.25) is 4.98 Å². The molecule has 0 fully saturated rings. The molecule has 0 unspecified atom stereocenters. The Morgan fingerprint density at radius 2 is 1.71 bits per heavy atom. The number of hydrogen-bond donors (Lipinski definition) is 2. The number of benzene rings is 3. The largest absolute Gasteiger partial charge is 0.325 e. The van der Waals surface area contributed by atoms with E-state index in [0.29, 0.717) is 45.6 Å². The highest BCUT2D eigenvalue weighted by Crippen LogP contribution is 2.40. The molecule has 28 heavy (non-hydrogen) atoms. The molecule has 0 bridgehead atoms. The van der Waals surface area contributed by atoms with Gasteiger partial charge < -0.3 is 9.11 Å². The average Bonchev–Trinajstić information content (AvgIpc) is 2.76. The fraction of sp³-hybridized carbons (Fsp3) is 0. The summed E-state index contributed by atoms with van der Waals surface area (Å²) in [6.45, 7) is 0. The molecule has 0 aliphatic rings. The second-order valence-corrected chi connectivity index (χ2v) is 7.09. The number of nitroso groups, excluding NO2 is 1. The molecule has 0 radical (unpaired) electrons. The van der Waals surface area contributed by atoms with Crippen molar-refractivity contribution in [1.29, 1.82) is 0 Å². The fourth-order valence-electron chi connectivity index (χ4n) is 2.87. The summed E-state index contributed by atoms with van der Waals surface area (Å²) >= 11 is 1.24. The second kappa shape index (κ2) is 8.03. The lowest BCUT2D eigenvalue weighted by molar-refractivity contribution is 0.663. The number of aromatic nitrogens is 1. The summed E-state index contributed by atoms with van der Waals surface area (Å²) in [6.07, 6.45) is 1.55. The fourth-order valence-corrected chi connectivity index (χ4v) is 3.60. The molecule has 0 spiro atoms. The molecular weight excluding hydrogens is 396 g/mol. The van der Waals surface area contributed by atoms with Crippen LogP contribution in [0.25, 0.3) is 21.7 Å². The van der Waals surface area contributed by atoms with Crippen LogP contribution in [0.4, 0.5) is 17.1 Å². The van der Waals surface area contributed by atoms with Crippen LogP contribution in [-0.2, 0) is 0 Å². The van der Waals surface area contributed by atoms with Crippen molar-refractivity contribution in [2.45, 2.75) is 9.79 Å². The Bertz CT molecular complexity index is 1230. The summed E-state index contributed by atoms with van der Waals surface area (Å²) < 4.78 is 18.7. The van der Waals surface area contributed by atoms with E-state index < -0.39 is 0 Å². The van der Waals surface area contributed by atoms with Gasteiger partial charge in [-0.15, -0.1) is 10.0 Å². The Morgan fingerprint density at radius 3 is 2.50 bits per heavy atom. The summed E-state index contributed by atoms with van der Waals surface area (Å²) in [6, 6.07) is 16.1. The number of fused-ring (bicyclic) bond motifs is 2. The second-order valence-electron chi connectivity index (χ2n) is 5.81. The summed E-state index contributed by atoms with van der Waals surface area (Å²) in [5, 5.41) is 14.0. The van der Waals surface area contributed by atoms with Crippen molar-refractivity contribution in [2.24, 2.45) is 15.4 Å². The Morgan fingerprint density at radius 1 is 0.893 bits per heavy atom. The van der Waals surface area contributed by atoms with E-state index in [9.17, 15) is 9.46 Å². The highest BCUT2D eigenvalue weighted by molar-refractivity contribution is 7.94. The topological polar surface area (TPSA) is 108 Å². The third kappa shape index (κ3) is 3.48. The van der Waals surface area contributed by atoms with Crippen molar-refractivity contribution in [3.05, 3.63) is 65.7 Å². The lowest BCUT2D eigenvalue weighted by Gasteiger charge is -2.06. The van der Waals surface area contributed by atoms with Gasteiger partial charge in [-0.25, -0.2) is 0 Å². The molecular formula is C19H12N4O3S2.